The first-order valence-electron chi connectivity index (χ1n) is 4.40. The first kappa shape index (κ1) is 15.6. The summed E-state index contributed by atoms with van der Waals surface area (Å²) in [7, 11) is 1.43. The first-order chi connectivity index (χ1) is 7.39. The number of methoxy groups -OCH3 is 1. The van der Waals surface area contributed by atoms with Crippen LogP contribution in [0.1, 0.15) is 11.6 Å². The number of hydrogen-bond donors (Lipinski definition) is 2. The van der Waals surface area contributed by atoms with Gasteiger partial charge in [0.25, 0.3) is 0 Å². The van der Waals surface area contributed by atoms with Crippen molar-refractivity contribution in [2.24, 2.45) is 5.73 Å². The van der Waals surface area contributed by atoms with E-state index < -0.39 is 17.9 Å². The molecule has 1 aromatic rings. The van der Waals surface area contributed by atoms with E-state index in [2.05, 4.69) is 0 Å². The van der Waals surface area contributed by atoms with Crippen LogP contribution in [0, 0.1) is 0 Å². The van der Waals surface area contributed by atoms with Gasteiger partial charge in [-0.25, -0.2) is 4.79 Å². The zero-order valence-electron chi connectivity index (χ0n) is 8.89. The van der Waals surface area contributed by atoms with Crippen LogP contribution in [0.5, 0.6) is 5.75 Å². The zero-order chi connectivity index (χ0) is 12.3. The van der Waals surface area contributed by atoms with E-state index in [-0.39, 0.29) is 18.0 Å². The third-order valence-corrected chi connectivity index (χ3v) is 2.15. The third kappa shape index (κ3) is 3.28. The van der Waals surface area contributed by atoms with E-state index in [1.165, 1.54) is 31.4 Å². The van der Waals surface area contributed by atoms with Crippen LogP contribution >= 0.6 is 12.4 Å². The molecule has 1 aromatic carbocycles. The van der Waals surface area contributed by atoms with Crippen LogP contribution in [0.25, 0.3) is 0 Å². The van der Waals surface area contributed by atoms with Gasteiger partial charge in [0.1, 0.15) is 11.8 Å². The predicted octanol–water partition coefficient (Wildman–Crippen LogP) is 1.84. The molecule has 0 spiro atoms. The van der Waals surface area contributed by atoms with Crippen LogP contribution in [0.2, 0.25) is 0 Å². The quantitative estimate of drug-likeness (QED) is 0.873. The van der Waals surface area contributed by atoms with Gasteiger partial charge >= 0.3 is 11.9 Å². The van der Waals surface area contributed by atoms with Crippen molar-refractivity contribution in [3.05, 3.63) is 29.8 Å². The molecular formula is C10H12ClF2NO3. The predicted molar refractivity (Wildman–Crippen MR) is 59.8 cm³/mol. The minimum atomic E-state index is -3.99. The largest absolute Gasteiger partial charge is 0.497 e. The molecule has 1 atom stereocenters. The van der Waals surface area contributed by atoms with E-state index in [4.69, 9.17) is 15.6 Å². The third-order valence-electron chi connectivity index (χ3n) is 2.15. The Kier molecular flexibility index (Phi) is 5.31. The van der Waals surface area contributed by atoms with Gasteiger partial charge in [0, 0.05) is 0 Å². The maximum atomic E-state index is 13.1. The van der Waals surface area contributed by atoms with Crippen molar-refractivity contribution in [2.45, 2.75) is 12.0 Å². The Labute approximate surface area is 103 Å². The summed E-state index contributed by atoms with van der Waals surface area (Å²) >= 11 is 0. The maximum Gasteiger partial charge on any atom is 0.376 e. The Morgan fingerprint density at radius 3 is 2.24 bits per heavy atom. The van der Waals surface area contributed by atoms with Gasteiger partial charge in [-0.15, -0.1) is 12.4 Å². The fraction of sp³-hybridized carbons (Fsp3) is 0.300. The summed E-state index contributed by atoms with van der Waals surface area (Å²) in [6, 6.07) is 3.61. The van der Waals surface area contributed by atoms with Crippen LogP contribution in [-0.4, -0.2) is 24.1 Å². The lowest BCUT2D eigenvalue weighted by atomic mass is 10.0. The molecule has 0 fully saturated rings. The number of nitrogens with two attached hydrogens (primary N) is 1. The normalized spacial score (nSPS) is 12.5. The number of aliphatic carboxylic acids is 1. The van der Waals surface area contributed by atoms with E-state index in [1.807, 2.05) is 0 Å². The molecule has 0 saturated heterocycles. The molecule has 3 N–H and O–H groups in total. The summed E-state index contributed by atoms with van der Waals surface area (Å²) < 4.78 is 30.9. The number of ether oxygens (including phenoxy) is 1. The van der Waals surface area contributed by atoms with Gasteiger partial charge in [0.15, 0.2) is 0 Å². The van der Waals surface area contributed by atoms with Crippen LogP contribution in [0.3, 0.4) is 0 Å². The molecule has 0 aromatic heterocycles. The number of hydrogen-bond acceptors (Lipinski definition) is 3. The number of alkyl halides is 2. The topological polar surface area (TPSA) is 72.5 Å². The lowest BCUT2D eigenvalue weighted by molar-refractivity contribution is -0.168. The molecule has 0 aliphatic carbocycles. The second-order valence-corrected chi connectivity index (χ2v) is 3.18. The molecule has 0 bridgehead atoms. The van der Waals surface area contributed by atoms with Crippen molar-refractivity contribution in [1.29, 1.82) is 0 Å². The minimum absolute atomic E-state index is 0. The zero-order valence-corrected chi connectivity index (χ0v) is 9.71. The smallest absolute Gasteiger partial charge is 0.376 e. The fourth-order valence-electron chi connectivity index (χ4n) is 1.15. The van der Waals surface area contributed by atoms with Crippen LogP contribution < -0.4 is 10.5 Å². The van der Waals surface area contributed by atoms with Gasteiger partial charge in [-0.2, -0.15) is 8.78 Å². The highest BCUT2D eigenvalue weighted by Gasteiger charge is 2.46. The van der Waals surface area contributed by atoms with E-state index >= 15 is 0 Å². The SMILES string of the molecule is COc1ccc([C@@H](N)C(F)(F)C(=O)O)cc1.Cl. The fourth-order valence-corrected chi connectivity index (χ4v) is 1.15. The summed E-state index contributed by atoms with van der Waals surface area (Å²) in [4.78, 5) is 10.3. The number of benzene rings is 1. The Hall–Kier alpha value is -1.40. The second kappa shape index (κ2) is 5.79. The molecule has 1 rings (SSSR count). The number of carboxylic acid groups (broad SMARTS) is 1. The van der Waals surface area contributed by atoms with Gasteiger partial charge in [-0.1, -0.05) is 12.1 Å². The van der Waals surface area contributed by atoms with Gasteiger partial charge in [-0.3, -0.25) is 0 Å². The highest BCUT2D eigenvalue weighted by atomic mass is 35.5. The monoisotopic (exact) mass is 267 g/mol. The van der Waals surface area contributed by atoms with E-state index in [0.717, 1.165) is 0 Å². The van der Waals surface area contributed by atoms with Crippen LogP contribution in [0.4, 0.5) is 8.78 Å². The Morgan fingerprint density at radius 1 is 1.41 bits per heavy atom. The van der Waals surface area contributed by atoms with Gasteiger partial charge in [-0.05, 0) is 17.7 Å². The average Bonchev–Trinajstić information content (AvgIpc) is 2.28. The van der Waals surface area contributed by atoms with E-state index in [0.29, 0.717) is 5.75 Å². The summed E-state index contributed by atoms with van der Waals surface area (Å²) in [5.74, 6) is -5.75. The molecule has 0 radical (unpaired) electrons. The molecule has 4 nitrogen and oxygen atoms in total. The number of carboxylic acids is 1. The average molecular weight is 268 g/mol. The number of carbonyl (C=O) groups is 1. The molecule has 0 amide bonds. The minimum Gasteiger partial charge on any atom is -0.497 e. The highest BCUT2D eigenvalue weighted by molar-refractivity contribution is 5.85. The molecule has 7 heteroatoms. The van der Waals surface area contributed by atoms with Crippen molar-refractivity contribution in [2.75, 3.05) is 7.11 Å². The molecule has 0 unspecified atom stereocenters. The number of rotatable bonds is 4. The molecule has 0 aliphatic rings. The van der Waals surface area contributed by atoms with Crippen molar-refractivity contribution < 1.29 is 23.4 Å². The van der Waals surface area contributed by atoms with Gasteiger partial charge in [0.2, 0.25) is 0 Å². The second-order valence-electron chi connectivity index (χ2n) is 3.18. The summed E-state index contributed by atoms with van der Waals surface area (Å²) in [6.45, 7) is 0. The van der Waals surface area contributed by atoms with Crippen molar-refractivity contribution >= 4 is 18.4 Å². The van der Waals surface area contributed by atoms with Crippen molar-refractivity contribution in [1.82, 2.24) is 0 Å². The first-order valence-corrected chi connectivity index (χ1v) is 4.40. The molecular weight excluding hydrogens is 256 g/mol. The number of halogens is 3. The summed E-state index contributed by atoms with van der Waals surface area (Å²) in [5, 5.41) is 8.32. The van der Waals surface area contributed by atoms with Crippen LogP contribution in [0.15, 0.2) is 24.3 Å². The van der Waals surface area contributed by atoms with Crippen molar-refractivity contribution in [3.8, 4) is 5.75 Å². The van der Waals surface area contributed by atoms with E-state index in [1.54, 1.807) is 0 Å². The molecule has 0 aliphatic heterocycles. The summed E-state index contributed by atoms with van der Waals surface area (Å²) in [6.07, 6.45) is 0. The Morgan fingerprint density at radius 2 is 1.88 bits per heavy atom. The maximum absolute atomic E-state index is 13.1. The molecule has 96 valence electrons. The molecule has 0 saturated carbocycles. The van der Waals surface area contributed by atoms with Gasteiger partial charge < -0.3 is 15.6 Å². The lowest BCUT2D eigenvalue weighted by Gasteiger charge is -2.19. The van der Waals surface area contributed by atoms with Crippen molar-refractivity contribution in [3.63, 3.8) is 0 Å². The highest BCUT2D eigenvalue weighted by Crippen LogP contribution is 2.30. The standard InChI is InChI=1S/C10H11F2NO3.ClH/c1-16-7-4-2-6(3-5-7)8(13)10(11,12)9(14)15;/h2-5,8H,13H2,1H3,(H,14,15);1H/t8-;/m1./s1. The Bertz CT molecular complexity index is 384. The van der Waals surface area contributed by atoms with E-state index in [9.17, 15) is 13.6 Å². The van der Waals surface area contributed by atoms with Crippen LogP contribution in [-0.2, 0) is 4.79 Å². The lowest BCUT2D eigenvalue weighted by Crippen LogP contribution is -2.40. The van der Waals surface area contributed by atoms with Gasteiger partial charge in [0.05, 0.1) is 7.11 Å². The summed E-state index contributed by atoms with van der Waals surface area (Å²) in [5.41, 5.74) is 5.23. The molecule has 17 heavy (non-hydrogen) atoms. The molecule has 0 heterocycles. The Balaban J connectivity index is 0.00000256.